The van der Waals surface area contributed by atoms with E-state index in [0.717, 1.165) is 29.8 Å². The number of para-hydroxylation sites is 1. The zero-order valence-corrected chi connectivity index (χ0v) is 16.8. The Bertz CT molecular complexity index is 1000. The van der Waals surface area contributed by atoms with E-state index < -0.39 is 0 Å². The Morgan fingerprint density at radius 2 is 2.14 bits per heavy atom. The highest BCUT2D eigenvalue weighted by Crippen LogP contribution is 2.31. The van der Waals surface area contributed by atoms with E-state index in [9.17, 15) is 0 Å². The van der Waals surface area contributed by atoms with Crippen molar-refractivity contribution in [2.24, 2.45) is 4.99 Å². The number of halogens is 1. The summed E-state index contributed by atoms with van der Waals surface area (Å²) in [6, 6.07) is 15.5. The van der Waals surface area contributed by atoms with E-state index in [4.69, 9.17) is 20.9 Å². The summed E-state index contributed by atoms with van der Waals surface area (Å²) >= 11 is 6.03. The van der Waals surface area contributed by atoms with Gasteiger partial charge in [-0.1, -0.05) is 47.1 Å². The number of hydrogen-bond donors (Lipinski definition) is 2. The minimum atomic E-state index is 0.127. The van der Waals surface area contributed by atoms with Crippen molar-refractivity contribution in [2.75, 3.05) is 13.2 Å². The first-order valence-electron chi connectivity index (χ1n) is 9.58. The molecule has 4 rings (SSSR count). The molecule has 2 heterocycles. The van der Waals surface area contributed by atoms with Crippen LogP contribution < -0.4 is 15.4 Å². The summed E-state index contributed by atoms with van der Waals surface area (Å²) in [6.45, 7) is 3.71. The van der Waals surface area contributed by atoms with Crippen LogP contribution in [0, 0.1) is 0 Å². The topological polar surface area (TPSA) is 84.6 Å². The van der Waals surface area contributed by atoms with E-state index in [0.29, 0.717) is 29.3 Å². The maximum absolute atomic E-state index is 6.03. The fraction of sp³-hybridized carbons (Fsp3) is 0.286. The third-order valence-electron chi connectivity index (χ3n) is 4.54. The maximum Gasteiger partial charge on any atom is 0.248 e. The van der Waals surface area contributed by atoms with E-state index in [1.807, 2.05) is 37.3 Å². The zero-order valence-electron chi connectivity index (χ0n) is 16.1. The molecule has 0 spiro atoms. The molecule has 0 saturated carbocycles. The number of fused-ring (bicyclic) bond motifs is 1. The molecular weight excluding hydrogens is 390 g/mol. The lowest BCUT2D eigenvalue weighted by Crippen LogP contribution is -2.41. The summed E-state index contributed by atoms with van der Waals surface area (Å²) in [5, 5.41) is 11.4. The van der Waals surface area contributed by atoms with Crippen LogP contribution in [0.3, 0.4) is 0 Å². The Balaban J connectivity index is 1.47. The molecule has 29 heavy (non-hydrogen) atoms. The molecule has 0 fully saturated rings. The highest BCUT2D eigenvalue weighted by Gasteiger charge is 2.22. The predicted molar refractivity (Wildman–Crippen MR) is 112 cm³/mol. The van der Waals surface area contributed by atoms with Crippen molar-refractivity contribution in [1.29, 1.82) is 0 Å². The van der Waals surface area contributed by atoms with Crippen LogP contribution >= 0.6 is 11.6 Å². The molecule has 150 valence electrons. The number of guanidine groups is 1. The molecule has 1 aliphatic rings. The molecule has 0 amide bonds. The summed E-state index contributed by atoms with van der Waals surface area (Å²) in [6.07, 6.45) is 0.862. The molecule has 0 radical (unpaired) electrons. The third kappa shape index (κ3) is 4.68. The van der Waals surface area contributed by atoms with Gasteiger partial charge in [0, 0.05) is 29.1 Å². The van der Waals surface area contributed by atoms with Gasteiger partial charge in [0.1, 0.15) is 12.3 Å². The molecule has 0 bridgehead atoms. The van der Waals surface area contributed by atoms with Gasteiger partial charge in [0.25, 0.3) is 0 Å². The van der Waals surface area contributed by atoms with Gasteiger partial charge in [0.2, 0.25) is 11.7 Å². The van der Waals surface area contributed by atoms with E-state index in [1.165, 1.54) is 0 Å². The molecule has 1 aromatic heterocycles. The lowest BCUT2D eigenvalue weighted by molar-refractivity contribution is 0.261. The Kier molecular flexibility index (Phi) is 5.95. The number of nitrogens with zero attached hydrogens (tertiary/aromatic N) is 3. The fourth-order valence-corrected chi connectivity index (χ4v) is 3.38. The smallest absolute Gasteiger partial charge is 0.248 e. The molecule has 1 unspecified atom stereocenters. The van der Waals surface area contributed by atoms with Crippen LogP contribution in [-0.4, -0.2) is 29.3 Å². The van der Waals surface area contributed by atoms with Crippen molar-refractivity contribution >= 4 is 17.6 Å². The van der Waals surface area contributed by atoms with Crippen LogP contribution in [0.1, 0.15) is 30.8 Å². The van der Waals surface area contributed by atoms with Gasteiger partial charge in [-0.3, -0.25) is 0 Å². The number of rotatable bonds is 5. The van der Waals surface area contributed by atoms with Crippen molar-refractivity contribution in [1.82, 2.24) is 20.8 Å². The van der Waals surface area contributed by atoms with Crippen LogP contribution in [0.2, 0.25) is 5.02 Å². The van der Waals surface area contributed by atoms with E-state index >= 15 is 0 Å². The maximum atomic E-state index is 6.03. The first kappa shape index (κ1) is 19.3. The molecule has 0 saturated heterocycles. The zero-order chi connectivity index (χ0) is 20.1. The predicted octanol–water partition coefficient (Wildman–Crippen LogP) is 3.97. The average molecular weight is 412 g/mol. The van der Waals surface area contributed by atoms with Crippen LogP contribution in [0.4, 0.5) is 0 Å². The molecule has 2 N–H and O–H groups in total. The van der Waals surface area contributed by atoms with Crippen LogP contribution in [0.5, 0.6) is 5.75 Å². The Labute approximate surface area is 174 Å². The number of hydrogen-bond acceptors (Lipinski definition) is 5. The number of aromatic nitrogens is 2. The molecule has 2 aromatic carbocycles. The highest BCUT2D eigenvalue weighted by molar-refractivity contribution is 6.30. The number of aliphatic imine (C=N–C) groups is 1. The largest absolute Gasteiger partial charge is 0.493 e. The van der Waals surface area contributed by atoms with Crippen molar-refractivity contribution in [3.8, 4) is 17.1 Å². The second kappa shape index (κ2) is 8.96. The quantitative estimate of drug-likeness (QED) is 0.488. The van der Waals surface area contributed by atoms with E-state index in [1.54, 1.807) is 12.1 Å². The number of benzene rings is 2. The molecule has 7 nitrogen and oxygen atoms in total. The van der Waals surface area contributed by atoms with Gasteiger partial charge in [0.05, 0.1) is 12.6 Å². The molecule has 0 aliphatic carbocycles. The second-order valence-corrected chi connectivity index (χ2v) is 7.03. The first-order chi connectivity index (χ1) is 14.2. The van der Waals surface area contributed by atoms with E-state index in [2.05, 4.69) is 31.8 Å². The van der Waals surface area contributed by atoms with Gasteiger partial charge in [-0.25, -0.2) is 4.99 Å². The minimum absolute atomic E-state index is 0.127. The summed E-state index contributed by atoms with van der Waals surface area (Å²) in [5.41, 5.74) is 1.94. The average Bonchev–Trinajstić information content (AvgIpc) is 3.22. The lowest BCUT2D eigenvalue weighted by atomic mass is 10.0. The van der Waals surface area contributed by atoms with E-state index in [-0.39, 0.29) is 12.6 Å². The van der Waals surface area contributed by atoms with Gasteiger partial charge in [-0.15, -0.1) is 0 Å². The molecule has 1 aliphatic heterocycles. The summed E-state index contributed by atoms with van der Waals surface area (Å²) < 4.78 is 11.1. The van der Waals surface area contributed by atoms with Crippen LogP contribution in [0.25, 0.3) is 11.4 Å². The van der Waals surface area contributed by atoms with Crippen LogP contribution in [0.15, 0.2) is 58.0 Å². The highest BCUT2D eigenvalue weighted by atomic mass is 35.5. The number of ether oxygens (including phenoxy) is 1. The van der Waals surface area contributed by atoms with Crippen molar-refractivity contribution in [2.45, 2.75) is 25.9 Å². The third-order valence-corrected chi connectivity index (χ3v) is 4.77. The van der Waals surface area contributed by atoms with Gasteiger partial charge < -0.3 is 19.9 Å². The number of nitrogens with one attached hydrogen (secondary N) is 2. The Morgan fingerprint density at radius 1 is 1.24 bits per heavy atom. The van der Waals surface area contributed by atoms with Gasteiger partial charge in [-0.05, 0) is 25.1 Å². The van der Waals surface area contributed by atoms with Gasteiger partial charge >= 0.3 is 0 Å². The van der Waals surface area contributed by atoms with Gasteiger partial charge in [-0.2, -0.15) is 4.98 Å². The molecule has 1 atom stereocenters. The van der Waals surface area contributed by atoms with Crippen molar-refractivity contribution in [3.63, 3.8) is 0 Å². The van der Waals surface area contributed by atoms with Crippen molar-refractivity contribution in [3.05, 3.63) is 65.0 Å². The summed E-state index contributed by atoms with van der Waals surface area (Å²) in [5.74, 6) is 2.53. The van der Waals surface area contributed by atoms with Crippen LogP contribution in [-0.2, 0) is 6.54 Å². The minimum Gasteiger partial charge on any atom is -0.493 e. The fourth-order valence-electron chi connectivity index (χ4n) is 3.19. The summed E-state index contributed by atoms with van der Waals surface area (Å²) in [7, 11) is 0. The first-order valence-corrected chi connectivity index (χ1v) is 9.96. The standard InChI is InChI=1S/C21H22ClN5O2/c1-2-23-21(25-17-10-11-28-18-9-4-3-8-16(17)18)24-13-19-26-20(27-29-19)14-6-5-7-15(22)12-14/h3-9,12,17H,2,10-11,13H2,1H3,(H2,23,24,25). The normalized spacial score (nSPS) is 16.1. The molecular formula is C21H22ClN5O2. The van der Waals surface area contributed by atoms with Gasteiger partial charge in [0.15, 0.2) is 5.96 Å². The molecule has 8 heteroatoms. The monoisotopic (exact) mass is 411 g/mol. The Morgan fingerprint density at radius 3 is 3.00 bits per heavy atom. The lowest BCUT2D eigenvalue weighted by Gasteiger charge is -2.28. The second-order valence-electron chi connectivity index (χ2n) is 6.59. The Hall–Kier alpha value is -3.06. The SMILES string of the molecule is CCNC(=NCc1nc(-c2cccc(Cl)c2)no1)NC1CCOc2ccccc21. The molecule has 3 aromatic rings. The summed E-state index contributed by atoms with van der Waals surface area (Å²) in [4.78, 5) is 9.02. The van der Waals surface area contributed by atoms with Crippen molar-refractivity contribution < 1.29 is 9.26 Å².